The van der Waals surface area contributed by atoms with E-state index in [-0.39, 0.29) is 0 Å². The molecule has 1 heterocycles. The molecule has 1 nitrogen and oxygen atoms in total. The summed E-state index contributed by atoms with van der Waals surface area (Å²) in [5, 5.41) is 0. The zero-order valence-corrected chi connectivity index (χ0v) is 6.75. The van der Waals surface area contributed by atoms with E-state index >= 15 is 0 Å². The summed E-state index contributed by atoms with van der Waals surface area (Å²) in [5.41, 5.74) is 3.40. The first-order valence-electron chi connectivity index (χ1n) is 3.92. The summed E-state index contributed by atoms with van der Waals surface area (Å²) < 4.78 is 0. The van der Waals surface area contributed by atoms with Crippen molar-refractivity contribution in [3.63, 3.8) is 0 Å². The van der Waals surface area contributed by atoms with E-state index in [9.17, 15) is 0 Å². The van der Waals surface area contributed by atoms with E-state index in [4.69, 9.17) is 0 Å². The van der Waals surface area contributed by atoms with Crippen molar-refractivity contribution in [1.82, 2.24) is 4.98 Å². The predicted molar refractivity (Wildman–Crippen MR) is 50.7 cm³/mol. The highest BCUT2D eigenvalue weighted by atomic mass is 14.7. The molecular weight excluding hydrogens is 146 g/mol. The van der Waals surface area contributed by atoms with Crippen LogP contribution < -0.4 is 0 Å². The summed E-state index contributed by atoms with van der Waals surface area (Å²) in [5.74, 6) is 0. The van der Waals surface area contributed by atoms with E-state index in [0.717, 1.165) is 11.3 Å². The van der Waals surface area contributed by atoms with Crippen LogP contribution in [0.1, 0.15) is 5.56 Å². The average Bonchev–Trinajstić information content (AvgIpc) is 2.58. The highest BCUT2D eigenvalue weighted by Gasteiger charge is 1.94. The van der Waals surface area contributed by atoms with Gasteiger partial charge in [0.05, 0.1) is 0 Å². The predicted octanol–water partition coefficient (Wildman–Crippen LogP) is 2.86. The van der Waals surface area contributed by atoms with Gasteiger partial charge < -0.3 is 4.98 Å². The monoisotopic (exact) mass is 156 g/mol. The molecule has 0 fully saturated rings. The van der Waals surface area contributed by atoms with Crippen molar-refractivity contribution in [2.24, 2.45) is 0 Å². The largest absolute Gasteiger partial charge is 0.361 e. The van der Waals surface area contributed by atoms with E-state index in [2.05, 4.69) is 30.1 Å². The Morgan fingerprint density at radius 2 is 1.75 bits per heavy atom. The van der Waals surface area contributed by atoms with Crippen LogP contribution in [0, 0.1) is 6.92 Å². The molecule has 1 aromatic heterocycles. The minimum atomic E-state index is 1.05. The molecule has 0 aliphatic rings. The van der Waals surface area contributed by atoms with Gasteiger partial charge >= 0.3 is 0 Å². The standard InChI is InChI=1S/C11H10N/c1-9-4-6-10(7-5-9)11-3-2-8-12-11/h2-8,12H,1H2. The van der Waals surface area contributed by atoms with Crippen LogP contribution in [0.15, 0.2) is 42.6 Å². The molecule has 0 saturated heterocycles. The zero-order valence-electron chi connectivity index (χ0n) is 6.75. The molecule has 0 aliphatic carbocycles. The van der Waals surface area contributed by atoms with Crippen LogP contribution in [-0.2, 0) is 0 Å². The molecule has 0 atom stereocenters. The number of aromatic nitrogens is 1. The first kappa shape index (κ1) is 7.17. The fourth-order valence-electron chi connectivity index (χ4n) is 1.19. The molecule has 1 aromatic carbocycles. The van der Waals surface area contributed by atoms with Gasteiger partial charge in [-0.25, -0.2) is 0 Å². The van der Waals surface area contributed by atoms with Crippen LogP contribution in [0.25, 0.3) is 11.3 Å². The van der Waals surface area contributed by atoms with Gasteiger partial charge in [0.25, 0.3) is 0 Å². The molecule has 0 spiro atoms. The van der Waals surface area contributed by atoms with Crippen molar-refractivity contribution in [2.75, 3.05) is 0 Å². The smallest absolute Gasteiger partial charge is 0.0453 e. The number of nitrogens with one attached hydrogen (secondary N) is 1. The van der Waals surface area contributed by atoms with Crippen molar-refractivity contribution in [2.45, 2.75) is 0 Å². The Bertz CT molecular complexity index is 343. The van der Waals surface area contributed by atoms with Crippen LogP contribution in [0.3, 0.4) is 0 Å². The highest BCUT2D eigenvalue weighted by molar-refractivity contribution is 5.59. The fourth-order valence-corrected chi connectivity index (χ4v) is 1.19. The summed E-state index contributed by atoms with van der Waals surface area (Å²) in [6.07, 6.45) is 1.92. The van der Waals surface area contributed by atoms with Gasteiger partial charge in [-0.1, -0.05) is 24.3 Å². The van der Waals surface area contributed by atoms with Crippen molar-refractivity contribution in [3.05, 3.63) is 55.1 Å². The van der Waals surface area contributed by atoms with Crippen molar-refractivity contribution in [1.29, 1.82) is 0 Å². The van der Waals surface area contributed by atoms with Gasteiger partial charge in [0.15, 0.2) is 0 Å². The molecular formula is C11H10N. The number of hydrogen-bond donors (Lipinski definition) is 1. The lowest BCUT2D eigenvalue weighted by atomic mass is 10.1. The minimum absolute atomic E-state index is 1.05. The van der Waals surface area contributed by atoms with Gasteiger partial charge in [0, 0.05) is 11.9 Å². The maximum absolute atomic E-state index is 3.83. The van der Waals surface area contributed by atoms with Gasteiger partial charge in [-0.05, 0) is 30.2 Å². The summed E-state index contributed by atoms with van der Waals surface area (Å²) in [6, 6.07) is 12.2. The van der Waals surface area contributed by atoms with Gasteiger partial charge in [-0.2, -0.15) is 0 Å². The Kier molecular flexibility index (Phi) is 1.71. The third-order valence-corrected chi connectivity index (χ3v) is 1.86. The Balaban J connectivity index is 2.43. The van der Waals surface area contributed by atoms with E-state index in [1.807, 2.05) is 24.4 Å². The summed E-state index contributed by atoms with van der Waals surface area (Å²) in [6.45, 7) is 3.83. The normalized spacial score (nSPS) is 10.1. The van der Waals surface area contributed by atoms with Crippen molar-refractivity contribution >= 4 is 0 Å². The van der Waals surface area contributed by atoms with E-state index in [1.165, 1.54) is 5.56 Å². The molecule has 0 saturated carbocycles. The number of H-pyrrole nitrogens is 1. The van der Waals surface area contributed by atoms with Gasteiger partial charge in [-0.15, -0.1) is 0 Å². The lowest BCUT2D eigenvalue weighted by Crippen LogP contribution is -1.76. The molecule has 1 heteroatoms. The van der Waals surface area contributed by atoms with Crippen LogP contribution in [0.5, 0.6) is 0 Å². The van der Waals surface area contributed by atoms with E-state index < -0.39 is 0 Å². The van der Waals surface area contributed by atoms with E-state index in [0.29, 0.717) is 0 Å². The second kappa shape index (κ2) is 2.86. The number of hydrogen-bond acceptors (Lipinski definition) is 0. The van der Waals surface area contributed by atoms with Crippen LogP contribution in [-0.4, -0.2) is 4.98 Å². The quantitative estimate of drug-likeness (QED) is 0.653. The maximum atomic E-state index is 3.83. The molecule has 0 aliphatic heterocycles. The SMILES string of the molecule is [CH2]c1ccc(-c2ccc[nH]2)cc1. The molecule has 0 bridgehead atoms. The third-order valence-electron chi connectivity index (χ3n) is 1.86. The molecule has 59 valence electrons. The topological polar surface area (TPSA) is 15.8 Å². The van der Waals surface area contributed by atoms with Crippen molar-refractivity contribution in [3.8, 4) is 11.3 Å². The number of rotatable bonds is 1. The fraction of sp³-hybridized carbons (Fsp3) is 0. The number of benzene rings is 1. The molecule has 2 rings (SSSR count). The van der Waals surface area contributed by atoms with Gasteiger partial charge in [0.2, 0.25) is 0 Å². The first-order valence-corrected chi connectivity index (χ1v) is 3.92. The maximum Gasteiger partial charge on any atom is 0.0453 e. The molecule has 12 heavy (non-hydrogen) atoms. The molecule has 0 amide bonds. The van der Waals surface area contributed by atoms with Crippen LogP contribution >= 0.6 is 0 Å². The first-order chi connectivity index (χ1) is 5.86. The molecule has 2 aromatic rings. The average molecular weight is 156 g/mol. The zero-order chi connectivity index (χ0) is 8.39. The van der Waals surface area contributed by atoms with Crippen molar-refractivity contribution < 1.29 is 0 Å². The second-order valence-electron chi connectivity index (χ2n) is 2.78. The Morgan fingerprint density at radius 3 is 2.33 bits per heavy atom. The van der Waals surface area contributed by atoms with Crippen LogP contribution in [0.4, 0.5) is 0 Å². The summed E-state index contributed by atoms with van der Waals surface area (Å²) >= 11 is 0. The molecule has 1 radical (unpaired) electrons. The second-order valence-corrected chi connectivity index (χ2v) is 2.78. The highest BCUT2D eigenvalue weighted by Crippen LogP contribution is 2.16. The Labute approximate surface area is 72.1 Å². The third kappa shape index (κ3) is 1.26. The summed E-state index contributed by atoms with van der Waals surface area (Å²) in [7, 11) is 0. The lowest BCUT2D eigenvalue weighted by Gasteiger charge is -1.97. The van der Waals surface area contributed by atoms with Crippen LogP contribution in [0.2, 0.25) is 0 Å². The van der Waals surface area contributed by atoms with Gasteiger partial charge in [-0.3, -0.25) is 0 Å². The Morgan fingerprint density at radius 1 is 1.00 bits per heavy atom. The molecule has 1 N–H and O–H groups in total. The minimum Gasteiger partial charge on any atom is -0.361 e. The summed E-state index contributed by atoms with van der Waals surface area (Å²) in [4.78, 5) is 3.15. The lowest BCUT2D eigenvalue weighted by molar-refractivity contribution is 1.40. The Hall–Kier alpha value is -1.50. The molecule has 0 unspecified atom stereocenters. The van der Waals surface area contributed by atoms with E-state index in [1.54, 1.807) is 0 Å². The van der Waals surface area contributed by atoms with Gasteiger partial charge in [0.1, 0.15) is 0 Å². The number of aromatic amines is 1.